The first-order chi connectivity index (χ1) is 8.56. The van der Waals surface area contributed by atoms with Crippen molar-refractivity contribution in [2.75, 3.05) is 6.61 Å². The van der Waals surface area contributed by atoms with E-state index >= 15 is 0 Å². The molecule has 2 nitrogen and oxygen atoms in total. The molecule has 0 amide bonds. The van der Waals surface area contributed by atoms with Crippen LogP contribution in [0, 0.1) is 20.4 Å². The molecule has 0 aromatic rings. The number of nitrogens with one attached hydrogen (secondary N) is 1. The third kappa shape index (κ3) is 82.7. The van der Waals surface area contributed by atoms with Gasteiger partial charge in [0.1, 0.15) is 0 Å². The maximum absolute atomic E-state index is 6.94. The average molecular weight is 464 g/mol. The van der Waals surface area contributed by atoms with Crippen LogP contribution in [-0.4, -0.2) is 27.3 Å². The number of hydrogen-bond donors (Lipinski definition) is 0. The zero-order valence-corrected chi connectivity index (χ0v) is 21.8. The van der Waals surface area contributed by atoms with Gasteiger partial charge < -0.3 is 24.5 Å². The molecule has 0 fully saturated rings. The van der Waals surface area contributed by atoms with Gasteiger partial charge in [0.05, 0.1) is 0 Å². The quantitative estimate of drug-likeness (QED) is 0.410. The first kappa shape index (κ1) is 38.7. The van der Waals surface area contributed by atoms with Gasteiger partial charge in [0.2, 0.25) is 0 Å². The van der Waals surface area contributed by atoms with Crippen molar-refractivity contribution in [3.63, 3.8) is 0 Å². The molecule has 1 aliphatic rings. The molecule has 1 rings (SSSR count). The van der Waals surface area contributed by atoms with Crippen LogP contribution < -0.4 is 0 Å². The molecule has 1 aliphatic carbocycles. The number of hydrogen-bond acceptors (Lipinski definition) is 1. The summed E-state index contributed by atoms with van der Waals surface area (Å²) >= 11 is 1.58. The fraction of sp³-hybridized carbons (Fsp3) is 0.600. The standard InChI is InChI=1S/C5H13OSi.C5H5.C4H10N.CH3.2ClH.H2Si.Zr/c1-5-6-7(2,3)4;1-2-4-5-3-1;1-4(2,3)5;;;;;/h1,5H2,2-4H3;1-3H,4H2;5H,1-3H3;1H3;2*1H;1H2;/q4*-1;;;;. The summed E-state index contributed by atoms with van der Waals surface area (Å²) in [5.41, 5.74) is 6.69. The molecule has 1 N–H and O–H groups in total. The molecule has 0 aliphatic heterocycles. The Labute approximate surface area is 170 Å². The van der Waals surface area contributed by atoms with Gasteiger partial charge in [0.15, 0.2) is 8.32 Å². The van der Waals surface area contributed by atoms with Crippen LogP contribution in [0.2, 0.25) is 19.6 Å². The van der Waals surface area contributed by atoms with Gasteiger partial charge >= 0.3 is 30.2 Å². The van der Waals surface area contributed by atoms with Gasteiger partial charge in [0, 0.05) is 0 Å². The third-order valence-electron chi connectivity index (χ3n) is 1.12. The molecule has 0 saturated carbocycles. The second-order valence-electron chi connectivity index (χ2n) is 5.71. The van der Waals surface area contributed by atoms with Crippen LogP contribution in [0.15, 0.2) is 18.2 Å². The summed E-state index contributed by atoms with van der Waals surface area (Å²) in [6.07, 6.45) is 10.0. The van der Waals surface area contributed by atoms with E-state index in [9.17, 15) is 0 Å². The number of rotatable bonds is 2. The number of allylic oxidation sites excluding steroid dienone is 4. The van der Waals surface area contributed by atoms with Crippen molar-refractivity contribution in [3.05, 3.63) is 44.4 Å². The van der Waals surface area contributed by atoms with Crippen molar-refractivity contribution in [3.8, 4) is 0 Å². The van der Waals surface area contributed by atoms with Crippen molar-refractivity contribution in [2.45, 2.75) is 52.4 Å². The van der Waals surface area contributed by atoms with Gasteiger partial charge in [0.25, 0.3) is 0 Å². The summed E-state index contributed by atoms with van der Waals surface area (Å²) in [7, 11) is -1.22. The molecule has 7 heteroatoms. The van der Waals surface area contributed by atoms with Crippen molar-refractivity contribution >= 4 is 40.0 Å². The summed E-state index contributed by atoms with van der Waals surface area (Å²) in [4.78, 5) is 0. The van der Waals surface area contributed by atoms with E-state index < -0.39 is 8.32 Å². The Kier molecular flexibility index (Phi) is 43.2. The van der Waals surface area contributed by atoms with E-state index in [1.165, 1.54) is 0 Å². The summed E-state index contributed by atoms with van der Waals surface area (Å²) in [5, 5.41) is 0. The van der Waals surface area contributed by atoms with E-state index in [4.69, 9.17) is 10.2 Å². The van der Waals surface area contributed by atoms with Gasteiger partial charge in [-0.15, -0.1) is 36.8 Å². The predicted octanol–water partition coefficient (Wildman–Crippen LogP) is 5.19. The Morgan fingerprint density at radius 2 is 1.64 bits per heavy atom. The average Bonchev–Trinajstić information content (AvgIpc) is 2.73. The normalized spacial score (nSPS) is 10.7. The van der Waals surface area contributed by atoms with Crippen LogP contribution in [-0.2, 0) is 27.8 Å². The van der Waals surface area contributed by atoms with Gasteiger partial charge in [-0.2, -0.15) is 6.08 Å². The van der Waals surface area contributed by atoms with Crippen molar-refractivity contribution in [1.29, 1.82) is 0 Å². The Hall–Kier alpha value is 1.30. The zero-order chi connectivity index (χ0) is 15.9. The molecule has 0 spiro atoms. The zero-order valence-electron chi connectivity index (χ0n) is 15.3. The minimum atomic E-state index is -1.22. The molecule has 0 atom stereocenters. The third-order valence-corrected chi connectivity index (χ3v) is 2.19. The van der Waals surface area contributed by atoms with E-state index in [-0.39, 0.29) is 37.8 Å². The Balaban J connectivity index is -0.0000000392. The molecule has 0 radical (unpaired) electrons. The first-order valence-electron chi connectivity index (χ1n) is 6.31. The fourth-order valence-electron chi connectivity index (χ4n) is 0.646. The molecule has 0 bridgehead atoms. The van der Waals surface area contributed by atoms with Crippen LogP contribution >= 0.6 is 24.8 Å². The maximum atomic E-state index is 6.94. The molecule has 0 saturated heterocycles. The van der Waals surface area contributed by atoms with E-state index in [0.29, 0.717) is 6.61 Å². The van der Waals surface area contributed by atoms with Crippen molar-refractivity contribution in [2.24, 2.45) is 0 Å². The van der Waals surface area contributed by atoms with E-state index in [2.05, 4.69) is 38.7 Å². The van der Waals surface area contributed by atoms with Crippen LogP contribution in [0.3, 0.4) is 0 Å². The van der Waals surface area contributed by atoms with Gasteiger partial charge in [-0.1, -0.05) is 27.4 Å². The topological polar surface area (TPSA) is 33.0 Å². The molecule has 0 aromatic heterocycles. The summed E-state index contributed by atoms with van der Waals surface area (Å²) in [6, 6.07) is 0. The van der Waals surface area contributed by atoms with E-state index in [1.54, 1.807) is 23.3 Å². The van der Waals surface area contributed by atoms with E-state index in [0.717, 1.165) is 6.42 Å². The van der Waals surface area contributed by atoms with Crippen LogP contribution in [0.25, 0.3) is 5.73 Å². The van der Waals surface area contributed by atoms with Crippen LogP contribution in [0.4, 0.5) is 0 Å². The fourth-order valence-corrected chi connectivity index (χ4v) is 1.26. The molecular formula is C15H35Cl2NOSi2Zr-4. The first-order valence-corrected chi connectivity index (χ1v) is 15.6. The van der Waals surface area contributed by atoms with Crippen LogP contribution in [0.1, 0.15) is 27.2 Å². The van der Waals surface area contributed by atoms with Gasteiger partial charge in [-0.25, -0.2) is 12.2 Å². The Morgan fingerprint density at radius 3 is 1.68 bits per heavy atom. The van der Waals surface area contributed by atoms with Crippen molar-refractivity contribution in [1.82, 2.24) is 0 Å². The molecule has 136 valence electrons. The second kappa shape index (κ2) is 24.5. The summed E-state index contributed by atoms with van der Waals surface area (Å²) < 4.78 is 5.26. The van der Waals surface area contributed by atoms with Crippen molar-refractivity contribution < 1.29 is 27.8 Å². The van der Waals surface area contributed by atoms with Crippen LogP contribution in [0.5, 0.6) is 0 Å². The Bertz CT molecular complexity index is 237. The SMILES string of the molecule is CC(C)(C)[NH-].Cl.Cl.[C-]1=CC=CC1.[CH2-]CO[Si](C)(C)C.[CH3-].[SiH2]=[Zr]. The Morgan fingerprint density at radius 1 is 1.27 bits per heavy atom. The molecule has 0 heterocycles. The van der Waals surface area contributed by atoms with Gasteiger partial charge in [-0.05, 0) is 19.6 Å². The second-order valence-corrected chi connectivity index (χ2v) is 10.2. The van der Waals surface area contributed by atoms with E-state index in [1.807, 2.05) is 39.8 Å². The molecule has 0 aromatic carbocycles. The molecule has 22 heavy (non-hydrogen) atoms. The van der Waals surface area contributed by atoms with Gasteiger partial charge in [-0.3, -0.25) is 6.08 Å². The molecular weight excluding hydrogens is 428 g/mol. The molecule has 0 unspecified atom stereocenters. The monoisotopic (exact) mass is 461 g/mol. The number of halogens is 2. The predicted molar refractivity (Wildman–Crippen MR) is 110 cm³/mol. The summed E-state index contributed by atoms with van der Waals surface area (Å²) in [5.74, 6) is 0. The summed E-state index contributed by atoms with van der Waals surface area (Å²) in [6.45, 7) is 18.2. The minimum absolute atomic E-state index is 0.